The molecular weight excluding hydrogens is 222 g/mol. The third-order valence-electron chi connectivity index (χ3n) is 2.52. The molecule has 16 heavy (non-hydrogen) atoms. The number of alkyl halides is 1. The van der Waals surface area contributed by atoms with Gasteiger partial charge in [-0.1, -0.05) is 30.3 Å². The number of halogens is 1. The van der Waals surface area contributed by atoms with Crippen molar-refractivity contribution in [3.05, 3.63) is 35.9 Å². The minimum absolute atomic E-state index is 0.376. The summed E-state index contributed by atoms with van der Waals surface area (Å²) in [6.07, 6.45) is 2.86. The Morgan fingerprint density at radius 2 is 2.06 bits per heavy atom. The Hall–Kier alpha value is -0.860. The van der Waals surface area contributed by atoms with Crippen LogP contribution >= 0.6 is 11.6 Å². The van der Waals surface area contributed by atoms with Crippen LogP contribution in [0.2, 0.25) is 0 Å². The molecule has 1 aromatic rings. The van der Waals surface area contributed by atoms with E-state index in [4.69, 9.17) is 11.6 Å². The van der Waals surface area contributed by atoms with E-state index in [1.54, 1.807) is 0 Å². The highest BCUT2D eigenvalue weighted by Gasteiger charge is 2.05. The van der Waals surface area contributed by atoms with E-state index < -0.39 is 5.38 Å². The molecule has 2 nitrogen and oxygen atoms in total. The average Bonchev–Trinajstić information content (AvgIpc) is 2.34. The Morgan fingerprint density at radius 3 is 2.69 bits per heavy atom. The van der Waals surface area contributed by atoms with Crippen molar-refractivity contribution in [1.82, 2.24) is 5.32 Å². The van der Waals surface area contributed by atoms with E-state index in [-0.39, 0.29) is 0 Å². The molecule has 88 valence electrons. The maximum absolute atomic E-state index is 10.3. The summed E-state index contributed by atoms with van der Waals surface area (Å²) < 4.78 is 0. The van der Waals surface area contributed by atoms with E-state index in [1.165, 1.54) is 5.56 Å². The fourth-order valence-corrected chi connectivity index (χ4v) is 1.58. The van der Waals surface area contributed by atoms with Crippen LogP contribution in [0.3, 0.4) is 0 Å². The van der Waals surface area contributed by atoms with E-state index in [0.29, 0.717) is 12.6 Å². The highest BCUT2D eigenvalue weighted by atomic mass is 35.5. The zero-order valence-corrected chi connectivity index (χ0v) is 10.3. The molecule has 1 N–H and O–H groups in total. The van der Waals surface area contributed by atoms with Gasteiger partial charge in [0.1, 0.15) is 11.7 Å². The lowest BCUT2D eigenvalue weighted by atomic mass is 10.1. The summed E-state index contributed by atoms with van der Waals surface area (Å²) in [5.41, 5.74) is 1.34. The molecule has 0 saturated carbocycles. The number of carbonyl (C=O) groups excluding carboxylic acids is 1. The van der Waals surface area contributed by atoms with Crippen LogP contribution in [-0.4, -0.2) is 24.2 Å². The lowest BCUT2D eigenvalue weighted by Crippen LogP contribution is -2.32. The van der Waals surface area contributed by atoms with Crippen LogP contribution in [0.1, 0.15) is 18.9 Å². The molecule has 0 aliphatic rings. The molecule has 0 fully saturated rings. The van der Waals surface area contributed by atoms with Crippen molar-refractivity contribution >= 4 is 17.9 Å². The molecule has 0 bridgehead atoms. The molecule has 0 amide bonds. The molecule has 1 rings (SSSR count). The maximum Gasteiger partial charge on any atom is 0.139 e. The first-order valence-corrected chi connectivity index (χ1v) is 6.02. The monoisotopic (exact) mass is 239 g/mol. The molecule has 2 atom stereocenters. The van der Waals surface area contributed by atoms with Gasteiger partial charge in [0.05, 0.1) is 0 Å². The van der Waals surface area contributed by atoms with Gasteiger partial charge in [-0.05, 0) is 25.3 Å². The number of aryl methyl sites for hydroxylation is 1. The first-order valence-electron chi connectivity index (χ1n) is 5.59. The summed E-state index contributed by atoms with van der Waals surface area (Å²) >= 11 is 5.70. The Kier molecular flexibility index (Phi) is 6.12. The predicted molar refractivity (Wildman–Crippen MR) is 67.9 cm³/mol. The molecule has 0 aliphatic heterocycles. The number of hydrogen-bond donors (Lipinski definition) is 1. The highest BCUT2D eigenvalue weighted by Crippen LogP contribution is 2.04. The summed E-state index contributed by atoms with van der Waals surface area (Å²) in [6, 6.07) is 10.8. The number of aldehydes is 1. The van der Waals surface area contributed by atoms with Crippen molar-refractivity contribution in [2.45, 2.75) is 31.2 Å². The maximum atomic E-state index is 10.3. The normalized spacial score (nSPS) is 14.4. The van der Waals surface area contributed by atoms with E-state index in [0.717, 1.165) is 19.1 Å². The molecule has 0 aromatic heterocycles. The second-order valence-corrected chi connectivity index (χ2v) is 4.55. The van der Waals surface area contributed by atoms with E-state index in [9.17, 15) is 4.79 Å². The number of benzene rings is 1. The summed E-state index contributed by atoms with van der Waals surface area (Å²) in [5, 5.41) is 2.82. The van der Waals surface area contributed by atoms with Crippen LogP contribution in [0.4, 0.5) is 0 Å². The Bertz CT molecular complexity index is 302. The molecule has 0 radical (unpaired) electrons. The average molecular weight is 240 g/mol. The van der Waals surface area contributed by atoms with Crippen molar-refractivity contribution in [2.75, 3.05) is 6.54 Å². The lowest BCUT2D eigenvalue weighted by Gasteiger charge is -2.14. The Morgan fingerprint density at radius 1 is 1.38 bits per heavy atom. The third kappa shape index (κ3) is 5.29. The molecule has 3 heteroatoms. The van der Waals surface area contributed by atoms with Gasteiger partial charge in [-0.25, -0.2) is 0 Å². The van der Waals surface area contributed by atoms with Crippen molar-refractivity contribution < 1.29 is 4.79 Å². The van der Waals surface area contributed by atoms with Gasteiger partial charge in [0.2, 0.25) is 0 Å². The smallest absolute Gasteiger partial charge is 0.139 e. The quantitative estimate of drug-likeness (QED) is 0.585. The van der Waals surface area contributed by atoms with Crippen molar-refractivity contribution in [1.29, 1.82) is 0 Å². The van der Waals surface area contributed by atoms with Gasteiger partial charge in [-0.3, -0.25) is 0 Å². The molecular formula is C13H18ClNO. The fraction of sp³-hybridized carbons (Fsp3) is 0.462. The van der Waals surface area contributed by atoms with E-state index in [1.807, 2.05) is 6.07 Å². The zero-order valence-electron chi connectivity index (χ0n) is 9.53. The van der Waals surface area contributed by atoms with Gasteiger partial charge < -0.3 is 10.1 Å². The second-order valence-electron chi connectivity index (χ2n) is 3.99. The van der Waals surface area contributed by atoms with Gasteiger partial charge >= 0.3 is 0 Å². The van der Waals surface area contributed by atoms with Crippen molar-refractivity contribution in [3.8, 4) is 0 Å². The van der Waals surface area contributed by atoms with Crippen LogP contribution in [0.15, 0.2) is 30.3 Å². The minimum atomic E-state index is -0.417. The number of nitrogens with one attached hydrogen (secondary N) is 1. The molecule has 0 aliphatic carbocycles. The van der Waals surface area contributed by atoms with Crippen LogP contribution < -0.4 is 5.32 Å². The van der Waals surface area contributed by atoms with Crippen molar-refractivity contribution in [3.63, 3.8) is 0 Å². The minimum Gasteiger partial charge on any atom is -0.312 e. The lowest BCUT2D eigenvalue weighted by molar-refractivity contribution is -0.107. The van der Waals surface area contributed by atoms with Gasteiger partial charge in [0.15, 0.2) is 0 Å². The first kappa shape index (κ1) is 13.2. The van der Waals surface area contributed by atoms with Crippen LogP contribution in [-0.2, 0) is 11.2 Å². The van der Waals surface area contributed by atoms with Gasteiger partial charge in [0, 0.05) is 12.6 Å². The summed E-state index contributed by atoms with van der Waals surface area (Å²) in [6.45, 7) is 2.65. The van der Waals surface area contributed by atoms with Crippen LogP contribution in [0.25, 0.3) is 0 Å². The summed E-state index contributed by atoms with van der Waals surface area (Å²) in [4.78, 5) is 10.3. The molecule has 2 unspecified atom stereocenters. The number of rotatable bonds is 7. The van der Waals surface area contributed by atoms with Gasteiger partial charge in [-0.2, -0.15) is 0 Å². The largest absolute Gasteiger partial charge is 0.312 e. The Labute approximate surface area is 102 Å². The second kappa shape index (κ2) is 7.42. The molecule has 0 heterocycles. The number of hydrogen-bond acceptors (Lipinski definition) is 2. The Balaban J connectivity index is 2.20. The summed E-state index contributed by atoms with van der Waals surface area (Å²) in [5.74, 6) is 0. The first-order chi connectivity index (χ1) is 7.72. The third-order valence-corrected chi connectivity index (χ3v) is 2.77. The molecule has 0 spiro atoms. The summed E-state index contributed by atoms with van der Waals surface area (Å²) in [7, 11) is 0. The molecule has 1 aromatic carbocycles. The van der Waals surface area contributed by atoms with Gasteiger partial charge in [0.25, 0.3) is 0 Å². The topological polar surface area (TPSA) is 29.1 Å². The fourth-order valence-electron chi connectivity index (χ4n) is 1.49. The number of carbonyl (C=O) groups is 1. The van der Waals surface area contributed by atoms with E-state index >= 15 is 0 Å². The van der Waals surface area contributed by atoms with Crippen molar-refractivity contribution in [2.24, 2.45) is 0 Å². The van der Waals surface area contributed by atoms with Gasteiger partial charge in [-0.15, -0.1) is 11.6 Å². The van der Waals surface area contributed by atoms with Crippen LogP contribution in [0, 0.1) is 0 Å². The molecule has 0 saturated heterocycles. The van der Waals surface area contributed by atoms with Crippen LogP contribution in [0.5, 0.6) is 0 Å². The van der Waals surface area contributed by atoms with E-state index in [2.05, 4.69) is 36.5 Å². The standard InChI is InChI=1S/C13H18ClNO/c1-11(15-9-13(14)10-16)7-8-12-5-3-2-4-6-12/h2-6,10-11,13,15H,7-9H2,1H3. The SMILES string of the molecule is CC(CCc1ccccc1)NCC(Cl)C=O. The predicted octanol–water partition coefficient (Wildman–Crippen LogP) is 2.40. The zero-order chi connectivity index (χ0) is 11.8. The highest BCUT2D eigenvalue weighted by molar-refractivity contribution is 6.27.